The van der Waals surface area contributed by atoms with Crippen LogP contribution in [0.25, 0.3) is 5.69 Å². The summed E-state index contributed by atoms with van der Waals surface area (Å²) in [6.07, 6.45) is 3.07. The molecule has 0 unspecified atom stereocenters. The lowest BCUT2D eigenvalue weighted by Gasteiger charge is -2.14. The van der Waals surface area contributed by atoms with E-state index in [1.807, 2.05) is 30.8 Å². The van der Waals surface area contributed by atoms with E-state index < -0.39 is 0 Å². The lowest BCUT2D eigenvalue weighted by atomic mass is 9.97. The van der Waals surface area contributed by atoms with Crippen LogP contribution in [-0.2, 0) is 16.0 Å². The third-order valence-corrected chi connectivity index (χ3v) is 3.61. The molecule has 2 rings (SSSR count). The fourth-order valence-corrected chi connectivity index (χ4v) is 2.46. The Labute approximate surface area is 132 Å². The van der Waals surface area contributed by atoms with Crippen LogP contribution >= 0.6 is 0 Å². The minimum Gasteiger partial charge on any atom is -0.466 e. The van der Waals surface area contributed by atoms with Gasteiger partial charge in [-0.2, -0.15) is 5.10 Å². The number of hydrogen-bond acceptors (Lipinski definition) is 3. The number of aryl methyl sites for hydroxylation is 2. The highest BCUT2D eigenvalue weighted by atomic mass is 16.5. The monoisotopic (exact) mass is 300 g/mol. The summed E-state index contributed by atoms with van der Waals surface area (Å²) in [6, 6.07) is 8.35. The second kappa shape index (κ2) is 7.25. The van der Waals surface area contributed by atoms with Crippen molar-refractivity contribution in [3.05, 3.63) is 47.3 Å². The summed E-state index contributed by atoms with van der Waals surface area (Å²) in [6.45, 7) is 8.59. The first-order valence-electron chi connectivity index (χ1n) is 7.82. The maximum Gasteiger partial charge on any atom is 0.306 e. The van der Waals surface area contributed by atoms with Crippen LogP contribution in [0.3, 0.4) is 0 Å². The second-order valence-corrected chi connectivity index (χ2v) is 5.75. The number of hydrogen-bond donors (Lipinski definition) is 0. The molecule has 0 aliphatic rings. The van der Waals surface area contributed by atoms with Crippen LogP contribution in [0.4, 0.5) is 0 Å². The summed E-state index contributed by atoms with van der Waals surface area (Å²) in [4.78, 5) is 11.5. The van der Waals surface area contributed by atoms with Crippen molar-refractivity contribution >= 4 is 5.97 Å². The smallest absolute Gasteiger partial charge is 0.306 e. The number of ether oxygens (including phenoxy) is 1. The third kappa shape index (κ3) is 3.97. The van der Waals surface area contributed by atoms with Crippen molar-refractivity contribution in [3.8, 4) is 5.69 Å². The molecule has 1 heterocycles. The molecule has 2 aromatic rings. The van der Waals surface area contributed by atoms with Gasteiger partial charge in [0.15, 0.2) is 0 Å². The molecule has 0 saturated carbocycles. The van der Waals surface area contributed by atoms with Gasteiger partial charge in [-0.1, -0.05) is 26.0 Å². The first-order valence-corrected chi connectivity index (χ1v) is 7.82. The standard InChI is InChI=1S/C18H24N2O2/c1-5-22-18(21)9-7-15-6-8-16(13(2)3)17(12-15)20-11-10-14(4)19-20/h6,8,10-13H,5,7,9H2,1-4H3. The van der Waals surface area contributed by atoms with Gasteiger partial charge in [0.25, 0.3) is 0 Å². The number of rotatable bonds is 6. The molecular weight excluding hydrogens is 276 g/mol. The van der Waals surface area contributed by atoms with Gasteiger partial charge in [-0.05, 0) is 49.4 Å². The van der Waals surface area contributed by atoms with E-state index in [1.54, 1.807) is 0 Å². The van der Waals surface area contributed by atoms with Gasteiger partial charge in [0.2, 0.25) is 0 Å². The minimum atomic E-state index is -0.146. The number of carbonyl (C=O) groups is 1. The van der Waals surface area contributed by atoms with Gasteiger partial charge in [-0.15, -0.1) is 0 Å². The van der Waals surface area contributed by atoms with Crippen molar-refractivity contribution in [1.82, 2.24) is 9.78 Å². The maximum atomic E-state index is 11.5. The molecule has 1 aromatic carbocycles. The zero-order valence-corrected chi connectivity index (χ0v) is 13.8. The molecule has 0 aliphatic heterocycles. The van der Waals surface area contributed by atoms with Gasteiger partial charge in [-0.25, -0.2) is 4.68 Å². The third-order valence-electron chi connectivity index (χ3n) is 3.61. The zero-order chi connectivity index (χ0) is 16.1. The molecule has 0 radical (unpaired) electrons. The van der Waals surface area contributed by atoms with Crippen molar-refractivity contribution in [1.29, 1.82) is 0 Å². The summed E-state index contributed by atoms with van der Waals surface area (Å²) in [5.41, 5.74) is 4.46. The molecule has 118 valence electrons. The fraction of sp³-hybridized carbons (Fsp3) is 0.444. The van der Waals surface area contributed by atoms with Crippen molar-refractivity contribution in [2.24, 2.45) is 0 Å². The quantitative estimate of drug-likeness (QED) is 0.762. The first-order chi connectivity index (χ1) is 10.5. The van der Waals surface area contributed by atoms with Crippen molar-refractivity contribution in [3.63, 3.8) is 0 Å². The summed E-state index contributed by atoms with van der Waals surface area (Å²) < 4.78 is 6.90. The average molecular weight is 300 g/mol. The van der Waals surface area contributed by atoms with E-state index >= 15 is 0 Å². The Kier molecular flexibility index (Phi) is 5.36. The van der Waals surface area contributed by atoms with E-state index in [9.17, 15) is 4.79 Å². The molecule has 0 amide bonds. The largest absolute Gasteiger partial charge is 0.466 e. The molecular formula is C18H24N2O2. The number of nitrogens with zero attached hydrogens (tertiary/aromatic N) is 2. The van der Waals surface area contributed by atoms with Crippen molar-refractivity contribution in [2.75, 3.05) is 6.61 Å². The van der Waals surface area contributed by atoms with Crippen LogP contribution in [0.15, 0.2) is 30.5 Å². The molecule has 1 aromatic heterocycles. The topological polar surface area (TPSA) is 44.1 Å². The second-order valence-electron chi connectivity index (χ2n) is 5.75. The Morgan fingerprint density at radius 3 is 2.68 bits per heavy atom. The molecule has 22 heavy (non-hydrogen) atoms. The van der Waals surface area contributed by atoms with Gasteiger partial charge in [0.1, 0.15) is 0 Å². The van der Waals surface area contributed by atoms with Gasteiger partial charge in [-0.3, -0.25) is 4.79 Å². The van der Waals surface area contributed by atoms with E-state index in [0.717, 1.165) is 16.9 Å². The normalized spacial score (nSPS) is 11.0. The predicted molar refractivity (Wildman–Crippen MR) is 87.3 cm³/mol. The van der Waals surface area contributed by atoms with Crippen LogP contribution in [0, 0.1) is 6.92 Å². The highest BCUT2D eigenvalue weighted by Gasteiger charge is 2.11. The van der Waals surface area contributed by atoms with Crippen LogP contribution in [-0.4, -0.2) is 22.4 Å². The van der Waals surface area contributed by atoms with Crippen LogP contribution < -0.4 is 0 Å². The maximum absolute atomic E-state index is 11.5. The number of aromatic nitrogens is 2. The Morgan fingerprint density at radius 1 is 1.32 bits per heavy atom. The molecule has 0 fully saturated rings. The first kappa shape index (κ1) is 16.3. The molecule has 0 N–H and O–H groups in total. The van der Waals surface area contributed by atoms with E-state index in [-0.39, 0.29) is 5.97 Å². The highest BCUT2D eigenvalue weighted by Crippen LogP contribution is 2.24. The zero-order valence-electron chi connectivity index (χ0n) is 13.8. The molecule has 0 aliphatic carbocycles. The summed E-state index contributed by atoms with van der Waals surface area (Å²) in [5.74, 6) is 0.269. The van der Waals surface area contributed by atoms with E-state index in [1.165, 1.54) is 5.56 Å². The van der Waals surface area contributed by atoms with Gasteiger partial charge in [0, 0.05) is 12.6 Å². The molecule has 0 saturated heterocycles. The lowest BCUT2D eigenvalue weighted by Crippen LogP contribution is -2.07. The van der Waals surface area contributed by atoms with Crippen molar-refractivity contribution in [2.45, 2.75) is 46.5 Å². The highest BCUT2D eigenvalue weighted by molar-refractivity contribution is 5.69. The Hall–Kier alpha value is -2.10. The summed E-state index contributed by atoms with van der Waals surface area (Å²) >= 11 is 0. The van der Waals surface area contributed by atoms with E-state index in [4.69, 9.17) is 4.74 Å². The lowest BCUT2D eigenvalue weighted by molar-refractivity contribution is -0.143. The number of benzene rings is 1. The van der Waals surface area contributed by atoms with Gasteiger partial charge >= 0.3 is 5.97 Å². The van der Waals surface area contributed by atoms with Crippen LogP contribution in [0.5, 0.6) is 0 Å². The van der Waals surface area contributed by atoms with Gasteiger partial charge < -0.3 is 4.74 Å². The van der Waals surface area contributed by atoms with Crippen LogP contribution in [0.2, 0.25) is 0 Å². The van der Waals surface area contributed by atoms with E-state index in [0.29, 0.717) is 25.4 Å². The molecule has 0 bridgehead atoms. The fourth-order valence-electron chi connectivity index (χ4n) is 2.46. The molecule has 0 atom stereocenters. The molecule has 4 nitrogen and oxygen atoms in total. The summed E-state index contributed by atoms with van der Waals surface area (Å²) in [5, 5.41) is 4.51. The summed E-state index contributed by atoms with van der Waals surface area (Å²) in [7, 11) is 0. The van der Waals surface area contributed by atoms with Crippen molar-refractivity contribution < 1.29 is 9.53 Å². The number of esters is 1. The minimum absolute atomic E-state index is 0.146. The molecule has 0 spiro atoms. The molecule has 4 heteroatoms. The number of carbonyl (C=O) groups excluding carboxylic acids is 1. The Morgan fingerprint density at radius 2 is 2.09 bits per heavy atom. The SMILES string of the molecule is CCOC(=O)CCc1ccc(C(C)C)c(-n2ccc(C)n2)c1. The van der Waals surface area contributed by atoms with Crippen LogP contribution in [0.1, 0.15) is 49.9 Å². The van der Waals surface area contributed by atoms with E-state index in [2.05, 4.69) is 37.1 Å². The Balaban J connectivity index is 2.25. The average Bonchev–Trinajstić information content (AvgIpc) is 2.91. The Bertz CT molecular complexity index is 644. The van der Waals surface area contributed by atoms with Gasteiger partial charge in [0.05, 0.1) is 18.0 Å². The predicted octanol–water partition coefficient (Wildman–Crippen LogP) is 3.80.